The fourth-order valence-electron chi connectivity index (χ4n) is 5.03. The van der Waals surface area contributed by atoms with E-state index < -0.39 is 0 Å². The zero-order valence-electron chi connectivity index (χ0n) is 15.6. The Morgan fingerprint density at radius 2 is 2.08 bits per heavy atom. The quantitative estimate of drug-likeness (QED) is 0.858. The maximum atomic E-state index is 11.7. The van der Waals surface area contributed by atoms with E-state index >= 15 is 0 Å². The molecule has 0 bridgehead atoms. The van der Waals surface area contributed by atoms with Gasteiger partial charge >= 0.3 is 5.97 Å². The minimum Gasteiger partial charge on any atom is -0.457 e. The third-order valence-electron chi connectivity index (χ3n) is 7.12. The van der Waals surface area contributed by atoms with E-state index in [-0.39, 0.29) is 5.97 Å². The summed E-state index contributed by atoms with van der Waals surface area (Å²) in [6.07, 6.45) is 5.11. The van der Waals surface area contributed by atoms with Crippen LogP contribution in [0.1, 0.15) is 53.2 Å². The van der Waals surface area contributed by atoms with Crippen LogP contribution in [0.15, 0.2) is 12.1 Å². The van der Waals surface area contributed by atoms with E-state index in [1.807, 2.05) is 6.07 Å². The third kappa shape index (κ3) is 3.11. The summed E-state index contributed by atoms with van der Waals surface area (Å²) in [4.78, 5) is 14.3. The van der Waals surface area contributed by atoms with Crippen LogP contribution in [0.3, 0.4) is 0 Å². The summed E-state index contributed by atoms with van der Waals surface area (Å²) in [7, 11) is 0. The Labute approximate surface area is 150 Å². The third-order valence-corrected chi connectivity index (χ3v) is 7.12. The molecule has 4 heteroatoms. The number of cyclic esters (lactones) is 1. The number of carbonyl (C=O) groups excluding carboxylic acids is 1. The van der Waals surface area contributed by atoms with Gasteiger partial charge in [-0.15, -0.1) is 0 Å². The van der Waals surface area contributed by atoms with E-state index in [0.717, 1.165) is 30.0 Å². The number of piperidine rings is 2. The predicted octanol–water partition coefficient (Wildman–Crippen LogP) is 2.92. The van der Waals surface area contributed by atoms with Crippen LogP contribution in [-0.4, -0.2) is 43.6 Å². The molecule has 4 rings (SSSR count). The van der Waals surface area contributed by atoms with Gasteiger partial charge in [0.05, 0.1) is 5.56 Å². The largest absolute Gasteiger partial charge is 0.457 e. The van der Waals surface area contributed by atoms with Crippen molar-refractivity contribution in [3.05, 3.63) is 34.4 Å². The molecule has 1 aromatic carbocycles. The Balaban J connectivity index is 1.35. The Bertz CT molecular complexity index is 662. The van der Waals surface area contributed by atoms with Crippen molar-refractivity contribution in [2.45, 2.75) is 46.1 Å². The van der Waals surface area contributed by atoms with Gasteiger partial charge in [0.2, 0.25) is 0 Å². The summed E-state index contributed by atoms with van der Waals surface area (Å²) in [5.74, 6) is 0.641. The SMILES string of the molecule is Cc1c(CCN2CCC3(CCNCC3C)CC2)ccc2c1COC2=O. The molecule has 1 spiro atoms. The van der Waals surface area contributed by atoms with Crippen molar-refractivity contribution in [2.75, 3.05) is 32.7 Å². The van der Waals surface area contributed by atoms with Gasteiger partial charge < -0.3 is 15.0 Å². The van der Waals surface area contributed by atoms with Crippen molar-refractivity contribution in [1.29, 1.82) is 0 Å². The number of nitrogens with zero attached hydrogens (tertiary/aromatic N) is 1. The highest BCUT2D eigenvalue weighted by molar-refractivity contribution is 5.93. The van der Waals surface area contributed by atoms with E-state index in [0.29, 0.717) is 12.0 Å². The monoisotopic (exact) mass is 342 g/mol. The van der Waals surface area contributed by atoms with Crippen LogP contribution in [-0.2, 0) is 17.8 Å². The lowest BCUT2D eigenvalue weighted by atomic mass is 9.65. The van der Waals surface area contributed by atoms with Gasteiger partial charge in [-0.1, -0.05) is 13.0 Å². The molecule has 0 amide bonds. The number of ether oxygens (including phenoxy) is 1. The van der Waals surface area contributed by atoms with Crippen LogP contribution in [0.5, 0.6) is 0 Å². The number of hydrogen-bond acceptors (Lipinski definition) is 4. The second-order valence-electron chi connectivity index (χ2n) is 8.26. The number of nitrogens with one attached hydrogen (secondary N) is 1. The van der Waals surface area contributed by atoms with E-state index in [4.69, 9.17) is 4.74 Å². The molecule has 25 heavy (non-hydrogen) atoms. The highest BCUT2D eigenvalue weighted by Gasteiger charge is 2.40. The van der Waals surface area contributed by atoms with Gasteiger partial charge in [-0.2, -0.15) is 0 Å². The number of carbonyl (C=O) groups is 1. The Hall–Kier alpha value is -1.39. The number of esters is 1. The maximum Gasteiger partial charge on any atom is 0.338 e. The first-order valence-corrected chi connectivity index (χ1v) is 9.81. The summed E-state index contributed by atoms with van der Waals surface area (Å²) in [6, 6.07) is 4.08. The molecule has 136 valence electrons. The van der Waals surface area contributed by atoms with Gasteiger partial charge in [0, 0.05) is 12.1 Å². The van der Waals surface area contributed by atoms with Crippen molar-refractivity contribution >= 4 is 5.97 Å². The zero-order valence-corrected chi connectivity index (χ0v) is 15.6. The predicted molar refractivity (Wildman–Crippen MR) is 98.8 cm³/mol. The van der Waals surface area contributed by atoms with Gasteiger partial charge in [0.1, 0.15) is 6.61 Å². The maximum absolute atomic E-state index is 11.7. The van der Waals surface area contributed by atoms with E-state index in [2.05, 4.69) is 30.1 Å². The normalized spacial score (nSPS) is 25.8. The average molecular weight is 342 g/mol. The molecule has 0 aromatic heterocycles. The van der Waals surface area contributed by atoms with E-state index in [9.17, 15) is 4.79 Å². The Kier molecular flexibility index (Phi) is 4.59. The standard InChI is InChI=1S/C21H30N2O2/c1-15-13-22-9-6-21(15)7-11-23(12-8-21)10-5-17-3-4-18-19(16(17)2)14-25-20(18)24/h3-4,15,22H,5-14H2,1-2H3. The van der Waals surface area contributed by atoms with Crippen molar-refractivity contribution in [1.82, 2.24) is 10.2 Å². The lowest BCUT2D eigenvalue weighted by Crippen LogP contribution is -2.50. The number of fused-ring (bicyclic) bond motifs is 1. The van der Waals surface area contributed by atoms with E-state index in [1.54, 1.807) is 0 Å². The molecule has 0 radical (unpaired) electrons. The number of benzene rings is 1. The average Bonchev–Trinajstić information content (AvgIpc) is 3.00. The van der Waals surface area contributed by atoms with Gasteiger partial charge in [-0.3, -0.25) is 0 Å². The van der Waals surface area contributed by atoms with Crippen LogP contribution in [0.4, 0.5) is 0 Å². The minimum absolute atomic E-state index is 0.165. The highest BCUT2D eigenvalue weighted by atomic mass is 16.5. The van der Waals surface area contributed by atoms with Crippen LogP contribution >= 0.6 is 0 Å². The fraction of sp³-hybridized carbons (Fsp3) is 0.667. The number of hydrogen-bond donors (Lipinski definition) is 1. The Morgan fingerprint density at radius 3 is 2.84 bits per heavy atom. The molecule has 2 fully saturated rings. The molecule has 2 saturated heterocycles. The van der Waals surface area contributed by atoms with Gasteiger partial charge in [-0.25, -0.2) is 4.79 Å². The Morgan fingerprint density at radius 1 is 1.28 bits per heavy atom. The van der Waals surface area contributed by atoms with Gasteiger partial charge in [-0.05, 0) is 87.3 Å². The lowest BCUT2D eigenvalue weighted by molar-refractivity contribution is 0.0306. The summed E-state index contributed by atoms with van der Waals surface area (Å²) in [5, 5.41) is 3.55. The van der Waals surface area contributed by atoms with E-state index in [1.165, 1.54) is 56.6 Å². The topological polar surface area (TPSA) is 41.6 Å². The molecule has 1 atom stereocenters. The molecule has 3 aliphatic heterocycles. The molecular formula is C21H30N2O2. The fourth-order valence-corrected chi connectivity index (χ4v) is 5.03. The van der Waals surface area contributed by atoms with Crippen LogP contribution in [0, 0.1) is 18.3 Å². The first kappa shape index (κ1) is 17.0. The second-order valence-corrected chi connectivity index (χ2v) is 8.26. The molecule has 0 aliphatic carbocycles. The van der Waals surface area contributed by atoms with Crippen LogP contribution < -0.4 is 5.32 Å². The molecule has 1 unspecified atom stereocenters. The zero-order chi connectivity index (χ0) is 17.4. The van der Waals surface area contributed by atoms with Gasteiger partial charge in [0.15, 0.2) is 0 Å². The minimum atomic E-state index is -0.165. The molecule has 3 aliphatic rings. The number of likely N-dealkylation sites (tertiary alicyclic amines) is 1. The van der Waals surface area contributed by atoms with Crippen molar-refractivity contribution in [3.63, 3.8) is 0 Å². The smallest absolute Gasteiger partial charge is 0.338 e. The van der Waals surface area contributed by atoms with Crippen molar-refractivity contribution < 1.29 is 9.53 Å². The summed E-state index contributed by atoms with van der Waals surface area (Å²) < 4.78 is 5.17. The molecule has 1 aromatic rings. The number of rotatable bonds is 3. The molecule has 3 heterocycles. The summed E-state index contributed by atoms with van der Waals surface area (Å²) in [5.41, 5.74) is 5.07. The van der Waals surface area contributed by atoms with Gasteiger partial charge in [0.25, 0.3) is 0 Å². The summed E-state index contributed by atoms with van der Waals surface area (Å²) in [6.45, 7) is 11.0. The van der Waals surface area contributed by atoms with Crippen LogP contribution in [0.25, 0.3) is 0 Å². The van der Waals surface area contributed by atoms with Crippen molar-refractivity contribution in [2.24, 2.45) is 11.3 Å². The van der Waals surface area contributed by atoms with Crippen LogP contribution in [0.2, 0.25) is 0 Å². The molecular weight excluding hydrogens is 312 g/mol. The second kappa shape index (κ2) is 6.73. The first-order chi connectivity index (χ1) is 12.1. The summed E-state index contributed by atoms with van der Waals surface area (Å²) >= 11 is 0. The highest BCUT2D eigenvalue weighted by Crippen LogP contribution is 2.43. The van der Waals surface area contributed by atoms with Crippen molar-refractivity contribution in [3.8, 4) is 0 Å². The first-order valence-electron chi connectivity index (χ1n) is 9.81. The molecule has 0 saturated carbocycles. The molecule has 4 nitrogen and oxygen atoms in total. The lowest BCUT2D eigenvalue weighted by Gasteiger charge is -2.48. The molecule has 1 N–H and O–H groups in total.